The largest absolute Gasteiger partial charge is 0.481 e. The van der Waals surface area contributed by atoms with Crippen molar-refractivity contribution in [3.63, 3.8) is 0 Å². The third-order valence-corrected chi connectivity index (χ3v) is 4.44. The SMILES string of the molecule is Cl.Cn1nccc1C(=O)N1CCC(N2CC(C(=O)O)CC2=O)C1. The number of carboxylic acid groups (broad SMARTS) is 1. The van der Waals surface area contributed by atoms with Gasteiger partial charge in [-0.1, -0.05) is 0 Å². The van der Waals surface area contributed by atoms with Gasteiger partial charge in [0.15, 0.2) is 0 Å². The molecule has 2 amide bonds. The van der Waals surface area contributed by atoms with E-state index in [2.05, 4.69) is 5.10 Å². The zero-order valence-electron chi connectivity index (χ0n) is 12.7. The number of hydrogen-bond acceptors (Lipinski definition) is 4. The Morgan fingerprint density at radius 3 is 2.65 bits per heavy atom. The van der Waals surface area contributed by atoms with Gasteiger partial charge in [0, 0.05) is 39.3 Å². The number of halogens is 1. The van der Waals surface area contributed by atoms with Crippen LogP contribution in [-0.4, -0.2) is 68.1 Å². The average molecular weight is 343 g/mol. The van der Waals surface area contributed by atoms with Crippen LogP contribution in [0, 0.1) is 5.92 Å². The first kappa shape index (κ1) is 17.3. The van der Waals surface area contributed by atoms with E-state index in [-0.39, 0.29) is 43.2 Å². The summed E-state index contributed by atoms with van der Waals surface area (Å²) in [6, 6.07) is 1.57. The summed E-state index contributed by atoms with van der Waals surface area (Å²) in [7, 11) is 1.71. The highest BCUT2D eigenvalue weighted by atomic mass is 35.5. The number of carbonyl (C=O) groups excluding carboxylic acids is 2. The number of nitrogens with zero attached hydrogens (tertiary/aromatic N) is 4. The first-order chi connectivity index (χ1) is 10.5. The fraction of sp³-hybridized carbons (Fsp3) is 0.571. The molecule has 2 unspecified atom stereocenters. The molecule has 0 aromatic carbocycles. The molecule has 2 fully saturated rings. The van der Waals surface area contributed by atoms with E-state index in [9.17, 15) is 14.4 Å². The maximum atomic E-state index is 12.4. The van der Waals surface area contributed by atoms with Crippen LogP contribution in [0.25, 0.3) is 0 Å². The number of hydrogen-bond donors (Lipinski definition) is 1. The van der Waals surface area contributed by atoms with Crippen LogP contribution in [0.4, 0.5) is 0 Å². The zero-order valence-corrected chi connectivity index (χ0v) is 13.5. The van der Waals surface area contributed by atoms with Crippen LogP contribution in [0.2, 0.25) is 0 Å². The van der Waals surface area contributed by atoms with E-state index < -0.39 is 11.9 Å². The molecule has 0 radical (unpaired) electrons. The quantitative estimate of drug-likeness (QED) is 0.833. The molecule has 0 bridgehead atoms. The fourth-order valence-corrected chi connectivity index (χ4v) is 3.18. The summed E-state index contributed by atoms with van der Waals surface area (Å²) >= 11 is 0. The lowest BCUT2D eigenvalue weighted by Gasteiger charge is -2.24. The summed E-state index contributed by atoms with van der Waals surface area (Å²) in [5.74, 6) is -1.80. The van der Waals surface area contributed by atoms with Gasteiger partial charge in [0.1, 0.15) is 5.69 Å². The Balaban J connectivity index is 0.00000192. The molecule has 23 heavy (non-hydrogen) atoms. The molecule has 0 saturated carbocycles. The summed E-state index contributed by atoms with van der Waals surface area (Å²) in [4.78, 5) is 38.7. The summed E-state index contributed by atoms with van der Waals surface area (Å²) < 4.78 is 1.52. The van der Waals surface area contributed by atoms with Gasteiger partial charge in [0.05, 0.1) is 12.0 Å². The lowest BCUT2D eigenvalue weighted by atomic mass is 10.1. The molecule has 3 heterocycles. The number of carbonyl (C=O) groups is 3. The van der Waals surface area contributed by atoms with Crippen molar-refractivity contribution in [2.24, 2.45) is 13.0 Å². The Morgan fingerprint density at radius 1 is 1.35 bits per heavy atom. The van der Waals surface area contributed by atoms with Gasteiger partial charge in [-0.3, -0.25) is 19.1 Å². The van der Waals surface area contributed by atoms with E-state index in [0.717, 1.165) is 0 Å². The first-order valence-electron chi connectivity index (χ1n) is 7.27. The van der Waals surface area contributed by atoms with Crippen LogP contribution in [0.15, 0.2) is 12.3 Å². The van der Waals surface area contributed by atoms with E-state index in [1.165, 1.54) is 4.68 Å². The van der Waals surface area contributed by atoms with Crippen molar-refractivity contribution in [2.75, 3.05) is 19.6 Å². The second-order valence-electron chi connectivity index (χ2n) is 5.82. The van der Waals surface area contributed by atoms with Gasteiger partial charge in [0.25, 0.3) is 5.91 Å². The summed E-state index contributed by atoms with van der Waals surface area (Å²) in [5.41, 5.74) is 0.511. The number of likely N-dealkylation sites (tertiary alicyclic amines) is 2. The van der Waals surface area contributed by atoms with Crippen LogP contribution in [-0.2, 0) is 16.6 Å². The third kappa shape index (κ3) is 3.17. The van der Waals surface area contributed by atoms with Gasteiger partial charge in [-0.25, -0.2) is 0 Å². The van der Waals surface area contributed by atoms with Gasteiger partial charge < -0.3 is 14.9 Å². The molecule has 2 aliphatic heterocycles. The summed E-state index contributed by atoms with van der Waals surface area (Å²) in [6.45, 7) is 1.25. The van der Waals surface area contributed by atoms with Crippen molar-refractivity contribution in [3.8, 4) is 0 Å². The molecule has 126 valence electrons. The van der Waals surface area contributed by atoms with Crippen molar-refractivity contribution < 1.29 is 19.5 Å². The van der Waals surface area contributed by atoms with E-state index >= 15 is 0 Å². The van der Waals surface area contributed by atoms with Crippen LogP contribution >= 0.6 is 12.4 Å². The molecule has 9 heteroatoms. The normalized spacial score (nSPS) is 24.0. The highest BCUT2D eigenvalue weighted by Gasteiger charge is 2.41. The van der Waals surface area contributed by atoms with Gasteiger partial charge in [-0.05, 0) is 12.5 Å². The smallest absolute Gasteiger partial charge is 0.308 e. The van der Waals surface area contributed by atoms with Crippen LogP contribution in [0.5, 0.6) is 0 Å². The van der Waals surface area contributed by atoms with Crippen molar-refractivity contribution in [1.82, 2.24) is 19.6 Å². The Hall–Kier alpha value is -2.09. The van der Waals surface area contributed by atoms with Gasteiger partial charge >= 0.3 is 5.97 Å². The Kier molecular flexibility index (Phi) is 4.93. The monoisotopic (exact) mass is 342 g/mol. The van der Waals surface area contributed by atoms with E-state index in [0.29, 0.717) is 25.2 Å². The van der Waals surface area contributed by atoms with Crippen molar-refractivity contribution in [1.29, 1.82) is 0 Å². The number of aromatic nitrogens is 2. The highest BCUT2D eigenvalue weighted by Crippen LogP contribution is 2.25. The van der Waals surface area contributed by atoms with Crippen molar-refractivity contribution in [3.05, 3.63) is 18.0 Å². The molecule has 1 aromatic rings. The van der Waals surface area contributed by atoms with Crippen LogP contribution in [0.1, 0.15) is 23.3 Å². The number of aliphatic carboxylic acids is 1. The van der Waals surface area contributed by atoms with E-state index in [4.69, 9.17) is 5.11 Å². The second kappa shape index (κ2) is 6.57. The molecule has 1 aromatic heterocycles. The molecule has 8 nitrogen and oxygen atoms in total. The lowest BCUT2D eigenvalue weighted by molar-refractivity contribution is -0.141. The van der Waals surface area contributed by atoms with Crippen molar-refractivity contribution >= 4 is 30.2 Å². The molecular formula is C14H19ClN4O4. The molecule has 0 aliphatic carbocycles. The minimum atomic E-state index is -0.934. The standard InChI is InChI=1S/C14H18N4O4.ClH/c1-16-11(2-4-15-16)13(20)17-5-3-10(8-17)18-7-9(14(21)22)6-12(18)19;/h2,4,9-10H,3,5-8H2,1H3,(H,21,22);1H. The number of carboxylic acids is 1. The fourth-order valence-electron chi connectivity index (χ4n) is 3.18. The first-order valence-corrected chi connectivity index (χ1v) is 7.27. The number of amides is 2. The topological polar surface area (TPSA) is 95.7 Å². The minimum Gasteiger partial charge on any atom is -0.481 e. The highest BCUT2D eigenvalue weighted by molar-refractivity contribution is 5.93. The van der Waals surface area contributed by atoms with Gasteiger partial charge in [-0.2, -0.15) is 5.10 Å². The molecular weight excluding hydrogens is 324 g/mol. The molecule has 2 saturated heterocycles. The Bertz CT molecular complexity index is 632. The van der Waals surface area contributed by atoms with E-state index in [1.807, 2.05) is 0 Å². The molecule has 1 N–H and O–H groups in total. The molecule has 2 aliphatic rings. The Morgan fingerprint density at radius 2 is 2.09 bits per heavy atom. The van der Waals surface area contributed by atoms with Gasteiger partial charge in [-0.15, -0.1) is 12.4 Å². The second-order valence-corrected chi connectivity index (χ2v) is 5.82. The Labute approximate surface area is 139 Å². The lowest BCUT2D eigenvalue weighted by Crippen LogP contribution is -2.40. The van der Waals surface area contributed by atoms with E-state index in [1.54, 1.807) is 29.1 Å². The summed E-state index contributed by atoms with van der Waals surface area (Å²) in [5, 5.41) is 13.0. The van der Waals surface area contributed by atoms with Crippen molar-refractivity contribution in [2.45, 2.75) is 18.9 Å². The maximum absolute atomic E-state index is 12.4. The zero-order chi connectivity index (χ0) is 15.9. The average Bonchev–Trinajstić information content (AvgIpc) is 3.16. The van der Waals surface area contributed by atoms with Crippen LogP contribution in [0.3, 0.4) is 0 Å². The predicted molar refractivity (Wildman–Crippen MR) is 82.2 cm³/mol. The number of aryl methyl sites for hydroxylation is 1. The predicted octanol–water partition coefficient (Wildman–Crippen LogP) is -0.0105. The summed E-state index contributed by atoms with van der Waals surface area (Å²) in [6.07, 6.45) is 2.31. The van der Waals surface area contributed by atoms with Gasteiger partial charge in [0.2, 0.25) is 5.91 Å². The molecule has 2 atom stereocenters. The van der Waals surface area contributed by atoms with Crippen LogP contribution < -0.4 is 0 Å². The molecule has 3 rings (SSSR count). The molecule has 0 spiro atoms. The maximum Gasteiger partial charge on any atom is 0.308 e. The minimum absolute atomic E-state index is 0. The third-order valence-electron chi connectivity index (χ3n) is 4.44. The number of rotatable bonds is 3.